The number of piperidine rings is 1. The van der Waals surface area contributed by atoms with Crippen LogP contribution in [0, 0.1) is 0 Å². The normalized spacial score (nSPS) is 20.2. The second kappa shape index (κ2) is 10.4. The van der Waals surface area contributed by atoms with Crippen molar-refractivity contribution in [3.8, 4) is 11.5 Å². The molecule has 2 aromatic rings. The Kier molecular flexibility index (Phi) is 6.85. The van der Waals surface area contributed by atoms with Gasteiger partial charge in [-0.15, -0.1) is 0 Å². The summed E-state index contributed by atoms with van der Waals surface area (Å²) in [5.41, 5.74) is 2.07. The van der Waals surface area contributed by atoms with E-state index in [1.54, 1.807) is 18.2 Å². The van der Waals surface area contributed by atoms with Crippen LogP contribution in [0.2, 0.25) is 0 Å². The van der Waals surface area contributed by atoms with Crippen LogP contribution < -0.4 is 20.1 Å². The highest BCUT2D eigenvalue weighted by Gasteiger charge is 2.38. The predicted octanol–water partition coefficient (Wildman–Crippen LogP) is 2.40. The van der Waals surface area contributed by atoms with Crippen molar-refractivity contribution in [1.82, 2.24) is 20.4 Å². The predicted molar refractivity (Wildman–Crippen MR) is 128 cm³/mol. The van der Waals surface area contributed by atoms with Crippen molar-refractivity contribution in [2.75, 3.05) is 19.9 Å². The summed E-state index contributed by atoms with van der Waals surface area (Å²) in [7, 11) is 0. The SMILES string of the molecule is O=C(CC[C@@H]1NC(=O)N(Cc2ccc3c(c2)OCO3)C1=O)NC1CCN(Cc2ccccc2)CC1. The topological polar surface area (TPSA) is 100 Å². The van der Waals surface area contributed by atoms with Crippen LogP contribution >= 0.6 is 0 Å². The van der Waals surface area contributed by atoms with Gasteiger partial charge >= 0.3 is 6.03 Å². The van der Waals surface area contributed by atoms with Crippen molar-refractivity contribution in [1.29, 1.82) is 0 Å². The molecule has 1 atom stereocenters. The number of carbonyl (C=O) groups excluding carboxylic acids is 3. The Labute approximate surface area is 204 Å². The Balaban J connectivity index is 1.05. The number of nitrogens with one attached hydrogen (secondary N) is 2. The maximum atomic E-state index is 12.8. The molecule has 5 rings (SSSR count). The maximum absolute atomic E-state index is 12.8. The average molecular weight is 479 g/mol. The number of amides is 4. The third kappa shape index (κ3) is 5.57. The van der Waals surface area contributed by atoms with Gasteiger partial charge in [-0.1, -0.05) is 36.4 Å². The molecule has 2 aromatic carbocycles. The molecule has 0 radical (unpaired) electrons. The number of rotatable bonds is 8. The van der Waals surface area contributed by atoms with Gasteiger partial charge in [-0.25, -0.2) is 4.79 Å². The third-order valence-electron chi connectivity index (χ3n) is 6.75. The molecule has 2 saturated heterocycles. The van der Waals surface area contributed by atoms with E-state index in [1.165, 1.54) is 10.5 Å². The van der Waals surface area contributed by atoms with Crippen molar-refractivity contribution < 1.29 is 23.9 Å². The van der Waals surface area contributed by atoms with Crippen molar-refractivity contribution in [3.63, 3.8) is 0 Å². The number of hydrogen-bond donors (Lipinski definition) is 2. The first-order valence-corrected chi connectivity index (χ1v) is 12.1. The second-order valence-electron chi connectivity index (χ2n) is 9.26. The molecule has 0 aromatic heterocycles. The number of hydrogen-bond acceptors (Lipinski definition) is 6. The molecule has 4 amide bonds. The summed E-state index contributed by atoms with van der Waals surface area (Å²) >= 11 is 0. The van der Waals surface area contributed by atoms with Crippen LogP contribution in [0.4, 0.5) is 4.79 Å². The number of nitrogens with zero attached hydrogens (tertiary/aromatic N) is 2. The largest absolute Gasteiger partial charge is 0.454 e. The van der Waals surface area contributed by atoms with Crippen LogP contribution in [0.25, 0.3) is 0 Å². The molecular formula is C26H30N4O5. The molecular weight excluding hydrogens is 448 g/mol. The maximum Gasteiger partial charge on any atom is 0.325 e. The molecule has 3 aliphatic heterocycles. The molecule has 3 heterocycles. The zero-order valence-electron chi connectivity index (χ0n) is 19.6. The van der Waals surface area contributed by atoms with Gasteiger partial charge in [-0.3, -0.25) is 19.4 Å². The van der Waals surface area contributed by atoms with Crippen molar-refractivity contribution >= 4 is 17.8 Å². The fraction of sp³-hybridized carbons (Fsp3) is 0.423. The molecule has 0 aliphatic carbocycles. The minimum absolute atomic E-state index is 0.0808. The van der Waals surface area contributed by atoms with Gasteiger partial charge in [0, 0.05) is 32.1 Å². The van der Waals surface area contributed by atoms with Gasteiger partial charge in [0.05, 0.1) is 6.54 Å². The average Bonchev–Trinajstić information content (AvgIpc) is 3.44. The van der Waals surface area contributed by atoms with Crippen LogP contribution in [0.1, 0.15) is 36.8 Å². The highest BCUT2D eigenvalue weighted by molar-refractivity contribution is 6.04. The lowest BCUT2D eigenvalue weighted by molar-refractivity contribution is -0.128. The van der Waals surface area contributed by atoms with Crippen molar-refractivity contribution in [2.45, 2.75) is 50.9 Å². The van der Waals surface area contributed by atoms with E-state index in [9.17, 15) is 14.4 Å². The van der Waals surface area contributed by atoms with Gasteiger partial charge in [0.25, 0.3) is 5.91 Å². The first-order chi connectivity index (χ1) is 17.0. The molecule has 184 valence electrons. The van der Waals surface area contributed by atoms with E-state index >= 15 is 0 Å². The Morgan fingerprint density at radius 1 is 0.971 bits per heavy atom. The fourth-order valence-corrected chi connectivity index (χ4v) is 4.80. The number of carbonyl (C=O) groups is 3. The quantitative estimate of drug-likeness (QED) is 0.566. The van der Waals surface area contributed by atoms with Gasteiger partial charge in [0.1, 0.15) is 6.04 Å². The zero-order valence-corrected chi connectivity index (χ0v) is 19.6. The molecule has 0 saturated carbocycles. The van der Waals surface area contributed by atoms with Gasteiger partial charge in [0.2, 0.25) is 12.7 Å². The Morgan fingerprint density at radius 2 is 1.74 bits per heavy atom. The van der Waals surface area contributed by atoms with E-state index in [1.807, 2.05) is 6.07 Å². The summed E-state index contributed by atoms with van der Waals surface area (Å²) < 4.78 is 10.7. The molecule has 0 bridgehead atoms. The number of imide groups is 1. The molecule has 9 nitrogen and oxygen atoms in total. The van der Waals surface area contributed by atoms with Crippen molar-refractivity contribution in [2.24, 2.45) is 0 Å². The van der Waals surface area contributed by atoms with E-state index in [0.717, 1.165) is 38.0 Å². The van der Waals surface area contributed by atoms with Gasteiger partial charge < -0.3 is 20.1 Å². The first-order valence-electron chi connectivity index (χ1n) is 12.1. The van der Waals surface area contributed by atoms with Crippen LogP contribution in [0.3, 0.4) is 0 Å². The summed E-state index contributed by atoms with van der Waals surface area (Å²) in [5.74, 6) is 0.864. The highest BCUT2D eigenvalue weighted by atomic mass is 16.7. The number of urea groups is 1. The summed E-state index contributed by atoms with van der Waals surface area (Å²) in [5, 5.41) is 5.81. The standard InChI is InChI=1S/C26H30N4O5/c31-24(27-20-10-12-29(13-11-20)15-18-4-2-1-3-5-18)9-7-21-25(32)30(26(33)28-21)16-19-6-8-22-23(14-19)35-17-34-22/h1-6,8,14,20-21H,7,9-13,15-17H2,(H,27,31)(H,28,33)/t21-/m0/s1. The van der Waals surface area contributed by atoms with Gasteiger partial charge in [-0.05, 0) is 42.5 Å². The van der Waals surface area contributed by atoms with Crippen LogP contribution in [0.5, 0.6) is 11.5 Å². The number of benzene rings is 2. The monoisotopic (exact) mass is 478 g/mol. The smallest absolute Gasteiger partial charge is 0.325 e. The summed E-state index contributed by atoms with van der Waals surface area (Å²) in [4.78, 5) is 41.3. The van der Waals surface area contributed by atoms with E-state index in [0.29, 0.717) is 11.5 Å². The highest BCUT2D eigenvalue weighted by Crippen LogP contribution is 2.33. The second-order valence-corrected chi connectivity index (χ2v) is 9.26. The first kappa shape index (κ1) is 23.2. The Morgan fingerprint density at radius 3 is 2.54 bits per heavy atom. The van der Waals surface area contributed by atoms with E-state index < -0.39 is 12.1 Å². The van der Waals surface area contributed by atoms with E-state index in [4.69, 9.17) is 9.47 Å². The minimum Gasteiger partial charge on any atom is -0.454 e. The fourth-order valence-electron chi connectivity index (χ4n) is 4.80. The molecule has 2 fully saturated rings. The summed E-state index contributed by atoms with van der Waals surface area (Å²) in [6.45, 7) is 3.11. The molecule has 0 unspecified atom stereocenters. The van der Waals surface area contributed by atoms with E-state index in [-0.39, 0.29) is 44.0 Å². The van der Waals surface area contributed by atoms with Crippen LogP contribution in [-0.4, -0.2) is 59.6 Å². The molecule has 0 spiro atoms. The van der Waals surface area contributed by atoms with Crippen molar-refractivity contribution in [3.05, 3.63) is 59.7 Å². The number of fused-ring (bicyclic) bond motifs is 1. The van der Waals surface area contributed by atoms with E-state index in [2.05, 4.69) is 39.8 Å². The van der Waals surface area contributed by atoms with Crippen LogP contribution in [0.15, 0.2) is 48.5 Å². The third-order valence-corrected chi connectivity index (χ3v) is 6.75. The Bertz CT molecular complexity index is 1080. The number of ether oxygens (including phenoxy) is 2. The number of likely N-dealkylation sites (tertiary alicyclic amines) is 1. The lowest BCUT2D eigenvalue weighted by Crippen LogP contribution is -2.44. The van der Waals surface area contributed by atoms with Gasteiger partial charge in [-0.2, -0.15) is 0 Å². The zero-order chi connectivity index (χ0) is 24.2. The minimum atomic E-state index is -0.685. The molecule has 35 heavy (non-hydrogen) atoms. The molecule has 3 aliphatic rings. The molecule has 9 heteroatoms. The van der Waals surface area contributed by atoms with Crippen LogP contribution in [-0.2, 0) is 22.7 Å². The molecule has 2 N–H and O–H groups in total. The Hall–Kier alpha value is -3.59. The lowest BCUT2D eigenvalue weighted by atomic mass is 10.0. The lowest BCUT2D eigenvalue weighted by Gasteiger charge is -2.32. The summed E-state index contributed by atoms with van der Waals surface area (Å²) in [6, 6.07) is 14.8. The summed E-state index contributed by atoms with van der Waals surface area (Å²) in [6.07, 6.45) is 2.28. The van der Waals surface area contributed by atoms with Gasteiger partial charge in [0.15, 0.2) is 11.5 Å².